The van der Waals surface area contributed by atoms with E-state index in [1.54, 1.807) is 15.9 Å². The van der Waals surface area contributed by atoms with Crippen molar-refractivity contribution in [3.05, 3.63) is 21.1 Å². The second kappa shape index (κ2) is 7.39. The van der Waals surface area contributed by atoms with Gasteiger partial charge in [0.2, 0.25) is 0 Å². The molecule has 0 aromatic heterocycles. The van der Waals surface area contributed by atoms with Crippen LogP contribution in [0.5, 0.6) is 11.5 Å². The number of carbonyl (C=O) groups excluding carboxylic acids is 2. The van der Waals surface area contributed by atoms with Gasteiger partial charge >= 0.3 is 6.09 Å². The maximum absolute atomic E-state index is 13.1. The van der Waals surface area contributed by atoms with Crippen LogP contribution in [0.25, 0.3) is 0 Å². The first kappa shape index (κ1) is 20.1. The van der Waals surface area contributed by atoms with Crippen LogP contribution in [0.4, 0.5) is 4.79 Å². The van der Waals surface area contributed by atoms with Crippen molar-refractivity contribution in [1.29, 1.82) is 0 Å². The summed E-state index contributed by atoms with van der Waals surface area (Å²) < 4.78 is 17.1. The Balaban J connectivity index is 1.84. The Bertz CT molecular complexity index is 780. The first-order chi connectivity index (χ1) is 12.6. The Hall–Kier alpha value is -1.67. The Labute approximate surface area is 171 Å². The van der Waals surface area contributed by atoms with Crippen molar-refractivity contribution in [2.24, 2.45) is 0 Å². The zero-order valence-corrected chi connectivity index (χ0v) is 18.0. The van der Waals surface area contributed by atoms with Crippen LogP contribution in [0.2, 0.25) is 5.02 Å². The van der Waals surface area contributed by atoms with E-state index in [-0.39, 0.29) is 24.6 Å². The number of hydrogen-bond donors (Lipinski definition) is 0. The zero-order chi connectivity index (χ0) is 19.9. The summed E-state index contributed by atoms with van der Waals surface area (Å²) in [4.78, 5) is 28.8. The molecule has 9 heteroatoms. The average Bonchev–Trinajstić information content (AvgIpc) is 2.73. The van der Waals surface area contributed by atoms with Crippen molar-refractivity contribution in [3.63, 3.8) is 0 Å². The summed E-state index contributed by atoms with van der Waals surface area (Å²) >= 11 is 9.74. The first-order valence-electron chi connectivity index (χ1n) is 8.60. The maximum Gasteiger partial charge on any atom is 0.410 e. The molecule has 148 valence electrons. The molecular weight excluding hydrogens is 440 g/mol. The fourth-order valence-electron chi connectivity index (χ4n) is 3.13. The number of benzene rings is 1. The van der Waals surface area contributed by atoms with Crippen LogP contribution in [0.15, 0.2) is 10.5 Å². The molecule has 0 bridgehead atoms. The van der Waals surface area contributed by atoms with E-state index in [0.29, 0.717) is 46.2 Å². The number of nitrogens with zero attached hydrogens (tertiary/aromatic N) is 2. The molecule has 0 unspecified atom stereocenters. The van der Waals surface area contributed by atoms with E-state index in [1.165, 1.54) is 7.11 Å². The van der Waals surface area contributed by atoms with Crippen molar-refractivity contribution < 1.29 is 23.8 Å². The third-order valence-electron chi connectivity index (χ3n) is 4.39. The third kappa shape index (κ3) is 3.96. The molecule has 0 spiro atoms. The largest absolute Gasteiger partial charge is 0.495 e. The SMILES string of the molecule is COc1cc2c(c(Cl)c1Br)OC[C@H]1CN(C(=O)OC(C)(C)C)CCN1C2=O. The van der Waals surface area contributed by atoms with E-state index < -0.39 is 5.60 Å². The summed E-state index contributed by atoms with van der Waals surface area (Å²) in [6, 6.07) is 1.34. The molecule has 3 rings (SSSR count). The van der Waals surface area contributed by atoms with Crippen LogP contribution >= 0.6 is 27.5 Å². The van der Waals surface area contributed by atoms with Crippen molar-refractivity contribution in [2.45, 2.75) is 32.4 Å². The smallest absolute Gasteiger partial charge is 0.410 e. The number of ether oxygens (including phenoxy) is 3. The summed E-state index contributed by atoms with van der Waals surface area (Å²) in [5.41, 5.74) is -0.218. The summed E-state index contributed by atoms with van der Waals surface area (Å²) in [5.74, 6) is 0.595. The molecule has 27 heavy (non-hydrogen) atoms. The lowest BCUT2D eigenvalue weighted by Gasteiger charge is -2.40. The van der Waals surface area contributed by atoms with Crippen molar-refractivity contribution >= 4 is 39.5 Å². The molecule has 2 heterocycles. The van der Waals surface area contributed by atoms with E-state index in [4.69, 9.17) is 25.8 Å². The van der Waals surface area contributed by atoms with Crippen LogP contribution in [-0.2, 0) is 4.74 Å². The highest BCUT2D eigenvalue weighted by molar-refractivity contribution is 9.10. The molecule has 2 aliphatic rings. The van der Waals surface area contributed by atoms with Crippen LogP contribution in [0, 0.1) is 0 Å². The van der Waals surface area contributed by atoms with Gasteiger partial charge < -0.3 is 24.0 Å². The molecule has 0 saturated carbocycles. The highest BCUT2D eigenvalue weighted by Gasteiger charge is 2.39. The lowest BCUT2D eigenvalue weighted by molar-refractivity contribution is 0.000952. The molecule has 0 N–H and O–H groups in total. The standard InChI is InChI=1S/C18H22BrClN2O5/c1-18(2,3)27-17(24)21-5-6-22-10(8-21)9-26-15-11(16(22)23)7-12(25-4)13(19)14(15)20/h7,10H,5-6,8-9H2,1-4H3/t10-/m1/s1. The van der Waals surface area contributed by atoms with Gasteiger partial charge in [0.25, 0.3) is 5.91 Å². The summed E-state index contributed by atoms with van der Waals surface area (Å²) in [6.45, 7) is 6.83. The minimum Gasteiger partial charge on any atom is -0.495 e. The zero-order valence-electron chi connectivity index (χ0n) is 15.7. The van der Waals surface area contributed by atoms with Gasteiger partial charge in [-0.15, -0.1) is 0 Å². The molecule has 1 fully saturated rings. The topological polar surface area (TPSA) is 68.3 Å². The minimum absolute atomic E-state index is 0.191. The van der Waals surface area contributed by atoms with Gasteiger partial charge in [-0.3, -0.25) is 4.79 Å². The molecule has 1 aromatic rings. The monoisotopic (exact) mass is 460 g/mol. The van der Waals surface area contributed by atoms with Gasteiger partial charge in [0.1, 0.15) is 23.0 Å². The van der Waals surface area contributed by atoms with Gasteiger partial charge in [0.15, 0.2) is 5.75 Å². The van der Waals surface area contributed by atoms with Crippen LogP contribution in [0.3, 0.4) is 0 Å². The summed E-state index contributed by atoms with van der Waals surface area (Å²) in [7, 11) is 1.51. The number of halogens is 2. The van der Waals surface area contributed by atoms with Crippen molar-refractivity contribution in [2.75, 3.05) is 33.4 Å². The third-order valence-corrected chi connectivity index (χ3v) is 5.77. The highest BCUT2D eigenvalue weighted by atomic mass is 79.9. The van der Waals surface area contributed by atoms with E-state index in [1.807, 2.05) is 20.8 Å². The normalized spacial score (nSPS) is 19.6. The molecule has 0 aliphatic carbocycles. The predicted octanol–water partition coefficient (Wildman–Crippen LogP) is 3.57. The van der Waals surface area contributed by atoms with Gasteiger partial charge in [0, 0.05) is 19.6 Å². The molecule has 1 aromatic carbocycles. The fraction of sp³-hybridized carbons (Fsp3) is 0.556. The lowest BCUT2D eigenvalue weighted by atomic mass is 10.1. The minimum atomic E-state index is -0.573. The van der Waals surface area contributed by atoms with Gasteiger partial charge in [0.05, 0.1) is 23.2 Å². The number of amides is 2. The van der Waals surface area contributed by atoms with E-state index >= 15 is 0 Å². The number of carbonyl (C=O) groups is 2. The van der Waals surface area contributed by atoms with Crippen molar-refractivity contribution in [1.82, 2.24) is 9.80 Å². The van der Waals surface area contributed by atoms with Crippen LogP contribution in [0.1, 0.15) is 31.1 Å². The van der Waals surface area contributed by atoms with E-state index in [9.17, 15) is 9.59 Å². The summed E-state index contributed by atoms with van der Waals surface area (Å²) in [5, 5.41) is 0.293. The van der Waals surface area contributed by atoms with Gasteiger partial charge in [-0.1, -0.05) is 11.6 Å². The van der Waals surface area contributed by atoms with Gasteiger partial charge in [-0.25, -0.2) is 4.79 Å². The molecule has 1 saturated heterocycles. The number of rotatable bonds is 1. The van der Waals surface area contributed by atoms with E-state index in [2.05, 4.69) is 15.9 Å². The lowest BCUT2D eigenvalue weighted by Crippen LogP contribution is -2.58. The van der Waals surface area contributed by atoms with Crippen LogP contribution in [-0.4, -0.2) is 66.8 Å². The second-order valence-electron chi connectivity index (χ2n) is 7.47. The second-order valence-corrected chi connectivity index (χ2v) is 8.64. The molecular formula is C18H22BrClN2O5. The van der Waals surface area contributed by atoms with Crippen molar-refractivity contribution in [3.8, 4) is 11.5 Å². The number of fused-ring (bicyclic) bond motifs is 2. The molecule has 7 nitrogen and oxygen atoms in total. The van der Waals surface area contributed by atoms with Gasteiger partial charge in [-0.2, -0.15) is 0 Å². The number of hydrogen-bond acceptors (Lipinski definition) is 5. The number of piperazine rings is 1. The Kier molecular flexibility index (Phi) is 5.49. The van der Waals surface area contributed by atoms with E-state index in [0.717, 1.165) is 0 Å². The van der Waals surface area contributed by atoms with Crippen LogP contribution < -0.4 is 9.47 Å². The Morgan fingerprint density at radius 3 is 2.70 bits per heavy atom. The fourth-order valence-corrected chi connectivity index (χ4v) is 3.83. The molecule has 1 atom stereocenters. The first-order valence-corrected chi connectivity index (χ1v) is 9.77. The number of methoxy groups -OCH3 is 1. The molecule has 2 aliphatic heterocycles. The quantitative estimate of drug-likeness (QED) is 0.640. The maximum atomic E-state index is 13.1. The molecule has 2 amide bonds. The Morgan fingerprint density at radius 2 is 2.07 bits per heavy atom. The Morgan fingerprint density at radius 1 is 1.37 bits per heavy atom. The highest BCUT2D eigenvalue weighted by Crippen LogP contribution is 2.43. The predicted molar refractivity (Wildman–Crippen MR) is 104 cm³/mol. The average molecular weight is 462 g/mol. The molecule has 0 radical (unpaired) electrons. The van der Waals surface area contributed by atoms with Gasteiger partial charge in [-0.05, 0) is 42.8 Å². The summed E-state index contributed by atoms with van der Waals surface area (Å²) in [6.07, 6.45) is -0.390.